The lowest BCUT2D eigenvalue weighted by atomic mass is 10.1. The number of nitrogens with zero attached hydrogens (tertiary/aromatic N) is 4. The highest BCUT2D eigenvalue weighted by Crippen LogP contribution is 2.42. The Kier molecular flexibility index (Phi) is 4.64. The van der Waals surface area contributed by atoms with Crippen molar-refractivity contribution in [2.24, 2.45) is 0 Å². The summed E-state index contributed by atoms with van der Waals surface area (Å²) in [5.41, 5.74) is 6.54. The number of fused-ring (bicyclic) bond motifs is 1. The third-order valence-electron chi connectivity index (χ3n) is 5.09. The third kappa shape index (κ3) is 3.37. The molecule has 31 heavy (non-hydrogen) atoms. The van der Waals surface area contributed by atoms with Crippen molar-refractivity contribution in [2.45, 2.75) is 0 Å². The number of pyridine rings is 2. The van der Waals surface area contributed by atoms with Gasteiger partial charge in [-0.25, -0.2) is 0 Å². The largest absolute Gasteiger partial charge is 0.265 e. The number of thiophene rings is 2. The molecule has 5 heterocycles. The zero-order valence-electron chi connectivity index (χ0n) is 16.1. The van der Waals surface area contributed by atoms with Crippen LogP contribution in [-0.4, -0.2) is 18.7 Å². The summed E-state index contributed by atoms with van der Waals surface area (Å²) in [6.07, 6.45) is 7.31. The maximum atomic E-state index is 4.65. The van der Waals surface area contributed by atoms with Crippen LogP contribution in [0.2, 0.25) is 0 Å². The highest BCUT2D eigenvalue weighted by atomic mass is 32.1. The van der Waals surface area contributed by atoms with Crippen LogP contribution >= 0.6 is 34.4 Å². The van der Waals surface area contributed by atoms with Crippen LogP contribution in [0, 0.1) is 0 Å². The molecule has 0 fully saturated rings. The zero-order valence-corrected chi connectivity index (χ0v) is 18.5. The van der Waals surface area contributed by atoms with Crippen molar-refractivity contribution in [3.05, 3.63) is 85.5 Å². The Morgan fingerprint density at radius 3 is 1.32 bits per heavy atom. The van der Waals surface area contributed by atoms with E-state index in [1.807, 2.05) is 49.1 Å². The second kappa shape index (κ2) is 7.77. The Labute approximate surface area is 190 Å². The molecule has 0 N–H and O–H groups in total. The lowest BCUT2D eigenvalue weighted by Crippen LogP contribution is -1.81. The first kappa shape index (κ1) is 18.5. The summed E-state index contributed by atoms with van der Waals surface area (Å²) in [4.78, 5) is 13.1. The number of aromatic nitrogens is 4. The van der Waals surface area contributed by atoms with E-state index in [2.05, 4.69) is 55.1 Å². The standard InChI is InChI=1S/C24H14N4S3/c1-2-18(22-6-4-20(30-22)16-9-13-26-14-10-16)24-23(27-31-28-24)17(1)21-5-3-19(29-21)15-7-11-25-12-8-15/h1-14H. The van der Waals surface area contributed by atoms with E-state index in [9.17, 15) is 0 Å². The summed E-state index contributed by atoms with van der Waals surface area (Å²) in [6, 6.07) is 21.2. The molecular weight excluding hydrogens is 440 g/mol. The highest BCUT2D eigenvalue weighted by Gasteiger charge is 2.16. The van der Waals surface area contributed by atoms with Crippen molar-refractivity contribution in [3.8, 4) is 41.8 Å². The average Bonchev–Trinajstić information content (AvgIpc) is 3.60. The fourth-order valence-corrected chi connectivity index (χ4v) is 6.22. The minimum absolute atomic E-state index is 0.962. The lowest BCUT2D eigenvalue weighted by molar-refractivity contribution is 1.33. The van der Waals surface area contributed by atoms with Crippen LogP contribution in [-0.2, 0) is 0 Å². The Morgan fingerprint density at radius 1 is 0.452 bits per heavy atom. The first-order valence-electron chi connectivity index (χ1n) is 9.63. The molecule has 0 bridgehead atoms. The predicted octanol–water partition coefficient (Wildman–Crippen LogP) is 7.27. The molecule has 5 aromatic heterocycles. The summed E-state index contributed by atoms with van der Waals surface area (Å²) in [5.74, 6) is 0. The van der Waals surface area contributed by atoms with Crippen LogP contribution in [0.3, 0.4) is 0 Å². The molecule has 0 saturated heterocycles. The Morgan fingerprint density at radius 2 is 0.871 bits per heavy atom. The molecule has 0 atom stereocenters. The van der Waals surface area contributed by atoms with E-state index >= 15 is 0 Å². The van der Waals surface area contributed by atoms with Gasteiger partial charge in [0.25, 0.3) is 0 Å². The average molecular weight is 455 g/mol. The number of hydrogen-bond donors (Lipinski definition) is 0. The van der Waals surface area contributed by atoms with Crippen LogP contribution in [0.5, 0.6) is 0 Å². The van der Waals surface area contributed by atoms with Gasteiger partial charge >= 0.3 is 0 Å². The molecule has 0 aliphatic heterocycles. The maximum Gasteiger partial charge on any atom is 0.114 e. The molecule has 6 rings (SSSR count). The van der Waals surface area contributed by atoms with E-state index in [0.717, 1.165) is 22.2 Å². The summed E-state index contributed by atoms with van der Waals surface area (Å²) in [7, 11) is 0. The first-order valence-corrected chi connectivity index (χ1v) is 12.0. The van der Waals surface area contributed by atoms with Crippen molar-refractivity contribution < 1.29 is 0 Å². The Balaban J connectivity index is 1.41. The van der Waals surface area contributed by atoms with Gasteiger partial charge < -0.3 is 0 Å². The van der Waals surface area contributed by atoms with Crippen LogP contribution in [0.1, 0.15) is 0 Å². The maximum absolute atomic E-state index is 4.65. The summed E-state index contributed by atoms with van der Waals surface area (Å²) in [6.45, 7) is 0. The molecule has 0 aliphatic rings. The summed E-state index contributed by atoms with van der Waals surface area (Å²) in [5, 5.41) is 0. The molecule has 148 valence electrons. The fourth-order valence-electron chi connectivity index (χ4n) is 3.57. The molecule has 7 heteroatoms. The van der Waals surface area contributed by atoms with E-state index in [4.69, 9.17) is 0 Å². The predicted molar refractivity (Wildman–Crippen MR) is 131 cm³/mol. The van der Waals surface area contributed by atoms with E-state index < -0.39 is 0 Å². The van der Waals surface area contributed by atoms with Gasteiger partial charge in [0.15, 0.2) is 0 Å². The van der Waals surface area contributed by atoms with Gasteiger partial charge in [0, 0.05) is 55.4 Å². The second-order valence-corrected chi connectivity index (χ2v) is 9.62. The molecule has 0 spiro atoms. The van der Waals surface area contributed by atoms with Crippen LogP contribution in [0.15, 0.2) is 85.5 Å². The molecule has 6 aromatic rings. The van der Waals surface area contributed by atoms with Gasteiger partial charge in [-0.3, -0.25) is 9.97 Å². The number of benzene rings is 1. The summed E-state index contributed by atoms with van der Waals surface area (Å²) >= 11 is 4.80. The van der Waals surface area contributed by atoms with Gasteiger partial charge in [0.05, 0.1) is 11.7 Å². The molecule has 0 radical (unpaired) electrons. The lowest BCUT2D eigenvalue weighted by Gasteiger charge is -2.04. The molecule has 0 saturated carbocycles. The van der Waals surface area contributed by atoms with Gasteiger partial charge in [-0.15, -0.1) is 22.7 Å². The fraction of sp³-hybridized carbons (Fsp3) is 0. The summed E-state index contributed by atoms with van der Waals surface area (Å²) < 4.78 is 9.30. The molecule has 0 aliphatic carbocycles. The SMILES string of the molecule is c1cc(-c2ccc(-c3ccc(-c4ccc(-c5ccncc5)s4)c4nsnc34)s2)ccn1. The first-order chi connectivity index (χ1) is 15.4. The number of rotatable bonds is 4. The minimum Gasteiger partial charge on any atom is -0.265 e. The normalized spacial score (nSPS) is 11.2. The van der Waals surface area contributed by atoms with Crippen LogP contribution in [0.25, 0.3) is 52.8 Å². The minimum atomic E-state index is 0.962. The van der Waals surface area contributed by atoms with E-state index in [-0.39, 0.29) is 0 Å². The molecule has 1 aromatic carbocycles. The van der Waals surface area contributed by atoms with Gasteiger partial charge in [-0.05, 0) is 59.7 Å². The van der Waals surface area contributed by atoms with Crippen molar-refractivity contribution in [1.82, 2.24) is 18.7 Å². The van der Waals surface area contributed by atoms with Crippen molar-refractivity contribution in [1.29, 1.82) is 0 Å². The Bertz CT molecular complexity index is 1370. The van der Waals surface area contributed by atoms with E-state index in [1.54, 1.807) is 22.7 Å². The molecule has 0 amide bonds. The third-order valence-corrected chi connectivity index (χ3v) is 7.95. The van der Waals surface area contributed by atoms with Gasteiger partial charge in [0.2, 0.25) is 0 Å². The van der Waals surface area contributed by atoms with Crippen LogP contribution < -0.4 is 0 Å². The van der Waals surface area contributed by atoms with Crippen LogP contribution in [0.4, 0.5) is 0 Å². The number of hydrogen-bond acceptors (Lipinski definition) is 7. The topological polar surface area (TPSA) is 51.6 Å². The Hall–Kier alpha value is -3.26. The molecular formula is C24H14N4S3. The molecule has 0 unspecified atom stereocenters. The van der Waals surface area contributed by atoms with Gasteiger partial charge in [-0.2, -0.15) is 8.75 Å². The highest BCUT2D eigenvalue weighted by molar-refractivity contribution is 7.19. The van der Waals surface area contributed by atoms with Crippen molar-refractivity contribution in [3.63, 3.8) is 0 Å². The second-order valence-electron chi connectivity index (χ2n) is 6.92. The monoisotopic (exact) mass is 454 g/mol. The van der Waals surface area contributed by atoms with Gasteiger partial charge in [0.1, 0.15) is 11.0 Å². The smallest absolute Gasteiger partial charge is 0.114 e. The van der Waals surface area contributed by atoms with Crippen molar-refractivity contribution in [2.75, 3.05) is 0 Å². The van der Waals surface area contributed by atoms with E-state index in [0.29, 0.717) is 0 Å². The quantitative estimate of drug-likeness (QED) is 0.281. The molecule has 4 nitrogen and oxygen atoms in total. The van der Waals surface area contributed by atoms with Gasteiger partial charge in [-0.1, -0.05) is 12.1 Å². The van der Waals surface area contributed by atoms with Crippen molar-refractivity contribution >= 4 is 45.4 Å². The van der Waals surface area contributed by atoms with E-state index in [1.165, 1.54) is 42.4 Å². The zero-order chi connectivity index (χ0) is 20.6.